The van der Waals surface area contributed by atoms with E-state index in [9.17, 15) is 21.9 Å². The summed E-state index contributed by atoms with van der Waals surface area (Å²) in [5, 5.41) is 1.95. The minimum absolute atomic E-state index is 0.0551. The van der Waals surface area contributed by atoms with Gasteiger partial charge in [-0.2, -0.15) is 0 Å². The largest absolute Gasteiger partial charge is 0.458 e. The number of nitrogens with zero attached hydrogens (tertiary/aromatic N) is 4. The molecule has 11 aromatic rings. The molecule has 1 aliphatic rings. The summed E-state index contributed by atoms with van der Waals surface area (Å²) < 4.78 is 219. The molecule has 0 amide bonds. The third-order valence-corrected chi connectivity index (χ3v) is 16.1. The van der Waals surface area contributed by atoms with E-state index in [0.717, 1.165) is 55.7 Å². The molecular weight excluding hydrogens is 1020 g/mol. The molecule has 5 nitrogen and oxygen atoms in total. The summed E-state index contributed by atoms with van der Waals surface area (Å²) in [4.78, 5) is 4.87. The first-order valence-corrected chi connectivity index (χ1v) is 28.4. The van der Waals surface area contributed by atoms with Crippen LogP contribution in [0.2, 0.25) is 0 Å². The maximum Gasteiger partial charge on any atom is 0.269 e. The van der Waals surface area contributed by atoms with Crippen LogP contribution in [-0.4, -0.2) is 14.1 Å². The van der Waals surface area contributed by atoms with Gasteiger partial charge in [-0.25, -0.2) is 4.98 Å². The van der Waals surface area contributed by atoms with Gasteiger partial charge in [-0.3, -0.25) is 13.7 Å². The lowest BCUT2D eigenvalue weighted by Gasteiger charge is -2.42. The highest BCUT2D eigenvalue weighted by atomic mass is 16.5. The van der Waals surface area contributed by atoms with Crippen LogP contribution in [0.4, 0.5) is 0 Å². The van der Waals surface area contributed by atoms with Gasteiger partial charge in [0.05, 0.1) is 37.6 Å². The molecule has 426 valence electrons. The first-order chi connectivity index (χ1) is 48.5. The number of hydrogen-bond donors (Lipinski definition) is 0. The average Bonchev–Trinajstić information content (AvgIpc) is 0.736. The molecule has 12 rings (SSSR count). The highest BCUT2D eigenvalue weighted by Crippen LogP contribution is 2.49. The summed E-state index contributed by atoms with van der Waals surface area (Å²) in [6.07, 6.45) is -3.88. The monoisotopic (exact) mass is 1130 g/mol. The van der Waals surface area contributed by atoms with Crippen molar-refractivity contribution < 1.29 is 39.5 Å². The Morgan fingerprint density at radius 2 is 1.18 bits per heavy atom. The normalized spacial score (nSPS) is 20.4. The molecule has 0 fully saturated rings. The Hall–Kier alpha value is -8.02. The second kappa shape index (κ2) is 20.1. The fraction of sp³-hybridized carbons (Fsp3) is 0.316. The number of aromatic nitrogens is 4. The predicted molar refractivity (Wildman–Crippen MR) is 353 cm³/mol. The minimum Gasteiger partial charge on any atom is -0.458 e. The molecule has 84 heavy (non-hydrogen) atoms. The van der Waals surface area contributed by atoms with Crippen LogP contribution in [-0.2, 0) is 32.5 Å². The van der Waals surface area contributed by atoms with Crippen LogP contribution in [0.15, 0.2) is 176 Å². The molecule has 1 aliphatic carbocycles. The summed E-state index contributed by atoms with van der Waals surface area (Å²) in [7, 11) is 0. The lowest BCUT2D eigenvalue weighted by molar-refractivity contribution is -0.571. The summed E-state index contributed by atoms with van der Waals surface area (Å²) >= 11 is 0. The van der Waals surface area contributed by atoms with Gasteiger partial charge < -0.3 is 4.74 Å². The third-order valence-electron chi connectivity index (χ3n) is 16.1. The molecule has 8 aromatic carbocycles. The quantitative estimate of drug-likeness (QED) is 0.112. The second-order valence-corrected chi connectivity index (χ2v) is 26.6. The van der Waals surface area contributed by atoms with Crippen molar-refractivity contribution >= 4 is 32.8 Å². The van der Waals surface area contributed by atoms with Crippen LogP contribution in [0.3, 0.4) is 0 Å². The number of aryl methyl sites for hydroxylation is 1. The summed E-state index contributed by atoms with van der Waals surface area (Å²) in [5.41, 5.74) is -7.42. The molecule has 3 heterocycles. The number of fused-ring (bicyclic) bond motifs is 5. The predicted octanol–water partition coefficient (Wildman–Crippen LogP) is 20.8. The van der Waals surface area contributed by atoms with Crippen molar-refractivity contribution in [1.29, 1.82) is 0 Å². The molecule has 0 aliphatic heterocycles. The fourth-order valence-electron chi connectivity index (χ4n) is 11.2. The molecule has 0 saturated heterocycles. The Morgan fingerprint density at radius 3 is 1.86 bits per heavy atom. The number of benzene rings is 8. The Kier molecular flexibility index (Phi) is 8.59. The van der Waals surface area contributed by atoms with Gasteiger partial charge in [-0.1, -0.05) is 225 Å². The standard InChI is InChI=1S/C79H84N4O/c1-50-39-64(53-27-33-66-67(43-53)79(16,17)37-36-78(66,14)15)73(65(40-50)54-41-57(76(8,9)10)45-58(42-54)77(11,12)13)82-49-81(71-44-52(28-34-69(71)82)51-25-29-55(30-26-51)74(2,3)4)59-21-20-22-60(47-59)84-61-31-32-63-62-23-18-19-24-68(62)83(70(63)48-61)72-46-56(35-38-80-72)75(5,6)7/h18-35,38-48H,36-37H2,1-17H3/i1D3,14D3,15D3,16D3,17D3,27D,33D,36D2,37D2,43D. The van der Waals surface area contributed by atoms with Gasteiger partial charge in [0.2, 0.25) is 0 Å². The first-order valence-electron chi connectivity index (χ1n) is 39.4. The van der Waals surface area contributed by atoms with E-state index in [1.807, 2.05) is 139 Å². The van der Waals surface area contributed by atoms with E-state index in [2.05, 4.69) is 64.6 Å². The molecular formula is C79H84N4O. The molecule has 0 radical (unpaired) electrons. The van der Waals surface area contributed by atoms with E-state index in [1.165, 1.54) is 10.6 Å². The summed E-state index contributed by atoms with van der Waals surface area (Å²) in [6.45, 7) is 4.14. The number of para-hydroxylation sites is 1. The van der Waals surface area contributed by atoms with Gasteiger partial charge in [0.25, 0.3) is 6.33 Å². The van der Waals surface area contributed by atoms with Gasteiger partial charge in [0.15, 0.2) is 0 Å². The zero-order valence-corrected chi connectivity index (χ0v) is 49.7. The number of rotatable bonds is 8. The van der Waals surface area contributed by atoms with Crippen molar-refractivity contribution in [2.75, 3.05) is 0 Å². The summed E-state index contributed by atoms with van der Waals surface area (Å²) in [6, 6.07) is 42.5. The Bertz CT molecular complexity index is 5290. The number of hydrogen-bond acceptors (Lipinski definition) is 2. The molecule has 0 saturated carbocycles. The number of imidazole rings is 1. The lowest BCUT2D eigenvalue weighted by Crippen LogP contribution is -2.34. The smallest absolute Gasteiger partial charge is 0.269 e. The maximum absolute atomic E-state index is 10.6. The highest BCUT2D eigenvalue weighted by Gasteiger charge is 2.37. The fourth-order valence-corrected chi connectivity index (χ4v) is 11.2. The van der Waals surface area contributed by atoms with E-state index in [-0.39, 0.29) is 22.1 Å². The maximum atomic E-state index is 10.6. The van der Waals surface area contributed by atoms with Crippen LogP contribution < -0.4 is 9.30 Å². The van der Waals surface area contributed by atoms with Crippen LogP contribution in [0.5, 0.6) is 11.5 Å². The van der Waals surface area contributed by atoms with Crippen molar-refractivity contribution in [3.05, 3.63) is 221 Å². The van der Waals surface area contributed by atoms with E-state index < -0.39 is 115 Å². The van der Waals surface area contributed by atoms with Gasteiger partial charge in [0, 0.05) is 49.1 Å². The summed E-state index contributed by atoms with van der Waals surface area (Å²) in [5.74, 6) is 1.53. The van der Waals surface area contributed by atoms with Gasteiger partial charge in [-0.05, 0) is 173 Å². The average molecular weight is 1130 g/mol. The molecule has 0 bridgehead atoms. The Balaban J connectivity index is 1.23. The van der Waals surface area contributed by atoms with Gasteiger partial charge in [-0.15, -0.1) is 0 Å². The van der Waals surface area contributed by atoms with Crippen LogP contribution in [0.25, 0.3) is 83.4 Å². The van der Waals surface area contributed by atoms with Crippen LogP contribution in [0.1, 0.15) is 192 Å². The van der Waals surface area contributed by atoms with Crippen LogP contribution in [0, 0.1) is 13.2 Å². The molecule has 0 unspecified atom stereocenters. The van der Waals surface area contributed by atoms with E-state index in [4.69, 9.17) is 17.9 Å². The number of pyridine rings is 1. The van der Waals surface area contributed by atoms with Crippen LogP contribution >= 0.6 is 0 Å². The number of ether oxygens (including phenoxy) is 1. The topological polar surface area (TPSA) is 35.9 Å². The Labute approximate surface area is 531 Å². The molecule has 0 atom stereocenters. The van der Waals surface area contributed by atoms with Crippen molar-refractivity contribution in [3.8, 4) is 62.1 Å². The first kappa shape index (κ1) is 36.0. The third kappa shape index (κ3) is 10.4. The second-order valence-electron chi connectivity index (χ2n) is 26.6. The molecule has 0 spiro atoms. The van der Waals surface area contributed by atoms with E-state index >= 15 is 0 Å². The zero-order valence-electron chi connectivity index (χ0n) is 71.7. The molecule has 3 aromatic heterocycles. The Morgan fingerprint density at radius 1 is 0.536 bits per heavy atom. The SMILES string of the molecule is [2H]c1c([2H])c2c(c([2H])c1-c1cc(C([2H])([2H])[2H])cc(-c3cc(C(C)(C)C)cc(C(C)(C)C)c3)c1-[n+]1[c-]n(-c3cccc(Oc4ccc5c6ccccc6n(-c6cc(C(C)(C)C)ccn6)c5c4)c3)c3cc(-c4ccc(C(C)(C)C)cc4)ccc31)C(C([2H])([2H])[2H])(C([2H])([2H])[2H])C([2H])([2H])C([2H])([2H])C2(C([2H])([2H])[2H])C([2H])([2H])[2H]. The van der Waals surface area contributed by atoms with Crippen molar-refractivity contribution in [3.63, 3.8) is 0 Å². The van der Waals surface area contributed by atoms with Gasteiger partial charge >= 0.3 is 0 Å². The lowest BCUT2D eigenvalue weighted by atomic mass is 9.63. The highest BCUT2D eigenvalue weighted by molar-refractivity contribution is 6.09. The van der Waals surface area contributed by atoms with Crippen molar-refractivity contribution in [2.24, 2.45) is 0 Å². The van der Waals surface area contributed by atoms with Crippen molar-refractivity contribution in [2.45, 2.75) is 163 Å². The molecule has 5 heteroatoms. The minimum atomic E-state index is -4.64. The molecule has 0 N–H and O–H groups in total. The van der Waals surface area contributed by atoms with Crippen molar-refractivity contribution in [1.82, 2.24) is 14.1 Å². The zero-order chi connectivity index (χ0) is 78.3. The van der Waals surface area contributed by atoms with Gasteiger partial charge in [0.1, 0.15) is 17.3 Å². The van der Waals surface area contributed by atoms with E-state index in [1.54, 1.807) is 41.1 Å². The van der Waals surface area contributed by atoms with E-state index in [0.29, 0.717) is 45.2 Å².